The van der Waals surface area contributed by atoms with E-state index >= 15 is 0 Å². The summed E-state index contributed by atoms with van der Waals surface area (Å²) in [6.45, 7) is 3.00. The van der Waals surface area contributed by atoms with Gasteiger partial charge in [-0.25, -0.2) is 9.59 Å². The number of carboxylic acid groups (broad SMARTS) is 1. The summed E-state index contributed by atoms with van der Waals surface area (Å²) >= 11 is 3.35. The van der Waals surface area contributed by atoms with Gasteiger partial charge in [0.05, 0.1) is 11.3 Å². The van der Waals surface area contributed by atoms with Crippen molar-refractivity contribution in [1.82, 2.24) is 4.90 Å². The summed E-state index contributed by atoms with van der Waals surface area (Å²) < 4.78 is 6.24. The van der Waals surface area contributed by atoms with Crippen LogP contribution in [0.1, 0.15) is 41.3 Å². The van der Waals surface area contributed by atoms with Crippen LogP contribution in [0.2, 0.25) is 0 Å². The van der Waals surface area contributed by atoms with Crippen LogP contribution in [0.3, 0.4) is 0 Å². The number of aliphatic carboxylic acids is 1. The van der Waals surface area contributed by atoms with E-state index in [-0.39, 0.29) is 23.8 Å². The number of anilines is 1. The Bertz CT molecular complexity index is 1270. The fraction of sp³-hybridized carbons (Fsp3) is 0.222. The van der Waals surface area contributed by atoms with Crippen molar-refractivity contribution >= 4 is 39.6 Å². The van der Waals surface area contributed by atoms with Gasteiger partial charge in [0.15, 0.2) is 0 Å². The van der Waals surface area contributed by atoms with E-state index in [0.29, 0.717) is 4.47 Å². The number of benzene rings is 3. The molecule has 3 aromatic rings. The van der Waals surface area contributed by atoms with Crippen LogP contribution < -0.4 is 5.32 Å². The molecule has 8 heteroatoms. The average molecular weight is 537 g/mol. The Morgan fingerprint density at radius 2 is 1.57 bits per heavy atom. The number of carboxylic acids is 1. The van der Waals surface area contributed by atoms with Crippen LogP contribution in [0.25, 0.3) is 11.1 Å². The van der Waals surface area contributed by atoms with Crippen molar-refractivity contribution in [2.45, 2.75) is 25.3 Å². The van der Waals surface area contributed by atoms with Gasteiger partial charge < -0.3 is 14.7 Å². The largest absolute Gasteiger partial charge is 0.480 e. The molecule has 0 saturated heterocycles. The summed E-state index contributed by atoms with van der Waals surface area (Å²) in [5.41, 5.74) is 3.37. The highest BCUT2D eigenvalue weighted by atomic mass is 79.9. The molecule has 4 rings (SSSR count). The number of fused-ring (bicyclic) bond motifs is 3. The zero-order chi connectivity index (χ0) is 25.3. The van der Waals surface area contributed by atoms with Crippen LogP contribution >= 0.6 is 15.9 Å². The van der Waals surface area contributed by atoms with Crippen LogP contribution in [0, 0.1) is 0 Å². The van der Waals surface area contributed by atoms with Gasteiger partial charge >= 0.3 is 12.1 Å². The van der Waals surface area contributed by atoms with E-state index in [9.17, 15) is 19.5 Å². The minimum Gasteiger partial charge on any atom is -0.480 e. The van der Waals surface area contributed by atoms with Gasteiger partial charge in [0, 0.05) is 17.4 Å². The van der Waals surface area contributed by atoms with Gasteiger partial charge in [-0.1, -0.05) is 64.5 Å². The molecule has 0 radical (unpaired) electrons. The number of halogens is 1. The molecule has 0 atom stereocenters. The first-order valence-corrected chi connectivity index (χ1v) is 11.8. The molecule has 35 heavy (non-hydrogen) atoms. The zero-order valence-electron chi connectivity index (χ0n) is 19.5. The second-order valence-electron chi connectivity index (χ2n) is 8.87. The maximum Gasteiger partial charge on any atom is 0.411 e. The molecule has 0 fully saturated rings. The number of nitrogens with one attached hydrogen (secondary N) is 1. The summed E-state index contributed by atoms with van der Waals surface area (Å²) in [6.07, 6.45) is -0.709. The number of carbonyl (C=O) groups is 3. The minimum atomic E-state index is -1.44. The van der Waals surface area contributed by atoms with Gasteiger partial charge in [0.2, 0.25) is 0 Å². The molecule has 0 unspecified atom stereocenters. The molecule has 2 amide bonds. The fourth-order valence-corrected chi connectivity index (χ4v) is 4.49. The number of ether oxygens (including phenoxy) is 1. The lowest BCUT2D eigenvalue weighted by molar-refractivity contribution is -0.147. The predicted molar refractivity (Wildman–Crippen MR) is 137 cm³/mol. The molecule has 0 aromatic heterocycles. The molecule has 0 saturated carbocycles. The smallest absolute Gasteiger partial charge is 0.411 e. The quantitative estimate of drug-likeness (QED) is 0.418. The fourth-order valence-electron chi connectivity index (χ4n) is 4.13. The van der Waals surface area contributed by atoms with Crippen LogP contribution in [-0.4, -0.2) is 47.2 Å². The Kier molecular flexibility index (Phi) is 6.67. The van der Waals surface area contributed by atoms with Crippen molar-refractivity contribution in [2.24, 2.45) is 0 Å². The number of amides is 2. The van der Waals surface area contributed by atoms with Crippen LogP contribution in [-0.2, 0) is 9.53 Å². The molecule has 180 valence electrons. The zero-order valence-corrected chi connectivity index (χ0v) is 21.1. The van der Waals surface area contributed by atoms with Crippen molar-refractivity contribution in [3.8, 4) is 11.1 Å². The number of hydrogen-bond acceptors (Lipinski definition) is 4. The second-order valence-corrected chi connectivity index (χ2v) is 9.78. The van der Waals surface area contributed by atoms with Crippen molar-refractivity contribution in [2.75, 3.05) is 19.0 Å². The summed E-state index contributed by atoms with van der Waals surface area (Å²) in [5.74, 6) is -1.78. The topological polar surface area (TPSA) is 95.9 Å². The molecule has 0 aliphatic heterocycles. The molecule has 0 bridgehead atoms. The lowest BCUT2D eigenvalue weighted by Crippen LogP contribution is -2.50. The summed E-state index contributed by atoms with van der Waals surface area (Å²) in [5, 5.41) is 12.1. The molecule has 2 N–H and O–H groups in total. The normalized spacial score (nSPS) is 12.5. The molecular formula is C27H25BrN2O5. The van der Waals surface area contributed by atoms with E-state index in [1.165, 1.54) is 27.0 Å². The van der Waals surface area contributed by atoms with E-state index in [1.807, 2.05) is 36.4 Å². The molecule has 1 aliphatic carbocycles. The van der Waals surface area contributed by atoms with Crippen LogP contribution in [0.15, 0.2) is 71.2 Å². The Hall–Kier alpha value is -3.65. The predicted octanol–water partition coefficient (Wildman–Crippen LogP) is 5.75. The van der Waals surface area contributed by atoms with Crippen molar-refractivity contribution in [1.29, 1.82) is 0 Å². The number of carbonyl (C=O) groups excluding carboxylic acids is 2. The van der Waals surface area contributed by atoms with E-state index in [2.05, 4.69) is 33.4 Å². The highest BCUT2D eigenvalue weighted by Crippen LogP contribution is 2.44. The second kappa shape index (κ2) is 9.54. The molecule has 1 aliphatic rings. The molecule has 7 nitrogen and oxygen atoms in total. The van der Waals surface area contributed by atoms with Crippen LogP contribution in [0.5, 0.6) is 0 Å². The summed E-state index contributed by atoms with van der Waals surface area (Å²) in [4.78, 5) is 38.6. The Morgan fingerprint density at radius 3 is 2.14 bits per heavy atom. The number of nitrogens with zero attached hydrogens (tertiary/aromatic N) is 1. The van der Waals surface area contributed by atoms with Gasteiger partial charge in [-0.05, 0) is 54.3 Å². The monoisotopic (exact) mass is 536 g/mol. The highest BCUT2D eigenvalue weighted by Gasteiger charge is 2.36. The van der Waals surface area contributed by atoms with E-state index < -0.39 is 23.5 Å². The first-order valence-electron chi connectivity index (χ1n) is 11.0. The van der Waals surface area contributed by atoms with Gasteiger partial charge in [-0.3, -0.25) is 10.1 Å². The molecule has 0 spiro atoms. The van der Waals surface area contributed by atoms with Crippen molar-refractivity contribution < 1.29 is 24.2 Å². The first kappa shape index (κ1) is 24.5. The lowest BCUT2D eigenvalue weighted by atomic mass is 9.98. The van der Waals surface area contributed by atoms with Gasteiger partial charge in [0.25, 0.3) is 5.91 Å². The average Bonchev–Trinajstić information content (AvgIpc) is 3.15. The third kappa shape index (κ3) is 4.66. The van der Waals surface area contributed by atoms with Crippen molar-refractivity contribution in [3.05, 3.63) is 87.9 Å². The molecule has 0 heterocycles. The molecular weight excluding hydrogens is 512 g/mol. The minimum absolute atomic E-state index is 0.0979. The van der Waals surface area contributed by atoms with Crippen LogP contribution in [0.4, 0.5) is 10.5 Å². The third-order valence-electron chi connectivity index (χ3n) is 6.46. The maximum absolute atomic E-state index is 13.1. The van der Waals surface area contributed by atoms with Gasteiger partial charge in [-0.2, -0.15) is 0 Å². The van der Waals surface area contributed by atoms with Crippen molar-refractivity contribution in [3.63, 3.8) is 0 Å². The Morgan fingerprint density at radius 1 is 1.00 bits per heavy atom. The maximum atomic E-state index is 13.1. The van der Waals surface area contributed by atoms with E-state index in [1.54, 1.807) is 12.1 Å². The lowest BCUT2D eigenvalue weighted by Gasteiger charge is -2.32. The Balaban J connectivity index is 1.52. The van der Waals surface area contributed by atoms with Gasteiger partial charge in [-0.15, -0.1) is 0 Å². The number of hydrogen-bond donors (Lipinski definition) is 2. The summed E-state index contributed by atoms with van der Waals surface area (Å²) in [6, 6.07) is 20.8. The van der Waals surface area contributed by atoms with E-state index in [4.69, 9.17) is 4.74 Å². The van der Waals surface area contributed by atoms with E-state index in [0.717, 1.165) is 27.2 Å². The Labute approximate surface area is 211 Å². The SMILES string of the molecule is CN(C(=O)c1ccc(Br)cc1NC(=O)OCC1c2ccccc2-c2ccccc21)C(C)(C)C(=O)O. The first-order chi connectivity index (χ1) is 16.6. The number of rotatable bonds is 6. The highest BCUT2D eigenvalue weighted by molar-refractivity contribution is 9.10. The number of likely N-dealkylation sites (N-methyl/N-ethyl adjacent to an activating group) is 1. The summed E-state index contributed by atoms with van der Waals surface area (Å²) in [7, 11) is 1.41. The standard InChI is InChI=1S/C27H25BrN2O5/c1-27(2,25(32)33)30(3)24(31)21-13-12-16(28)14-23(21)29-26(34)35-15-22-19-10-6-4-8-17(19)18-9-5-7-11-20(18)22/h4-14,22H,15H2,1-3H3,(H,29,34)(H,32,33). The van der Waals surface area contributed by atoms with Gasteiger partial charge in [0.1, 0.15) is 12.1 Å². The third-order valence-corrected chi connectivity index (χ3v) is 6.95. The molecule has 3 aromatic carbocycles.